The fraction of sp³-hybridized carbons (Fsp3) is 0. The number of thiophene rings is 2. The quantitative estimate of drug-likeness (QED) is 0.256. The third-order valence-electron chi connectivity index (χ3n) is 5.01. The smallest absolute Gasteiger partial charge is 0.267 e. The Bertz CT molecular complexity index is 1500. The first-order valence-corrected chi connectivity index (χ1v) is 12.1. The molecule has 0 atom stereocenters. The second-order valence-corrected chi connectivity index (χ2v) is 9.93. The molecule has 0 fully saturated rings. The number of nitrogen functional groups attached to an aromatic ring is 1. The van der Waals surface area contributed by atoms with Crippen molar-refractivity contribution in [2.24, 2.45) is 0 Å². The molecule has 4 nitrogen and oxygen atoms in total. The molecule has 0 saturated carbocycles. The summed E-state index contributed by atoms with van der Waals surface area (Å²) in [6.07, 6.45) is 0. The highest BCUT2D eigenvalue weighted by atomic mass is 35.5. The van der Waals surface area contributed by atoms with E-state index >= 15 is 0 Å². The van der Waals surface area contributed by atoms with Gasteiger partial charge in [0.25, 0.3) is 5.91 Å². The number of nitrogens with zero attached hydrogens (tertiary/aromatic N) is 1. The van der Waals surface area contributed by atoms with Crippen LogP contribution in [0.3, 0.4) is 0 Å². The molecule has 164 valence electrons. The molecular weight excluding hydrogens is 500 g/mol. The van der Waals surface area contributed by atoms with Crippen LogP contribution in [0.1, 0.15) is 9.67 Å². The van der Waals surface area contributed by atoms with E-state index < -0.39 is 5.91 Å². The van der Waals surface area contributed by atoms with Crippen molar-refractivity contribution in [3.63, 3.8) is 0 Å². The number of hydrogen-bond donors (Lipinski definition) is 2. The number of halogens is 3. The molecule has 3 N–H and O–H groups in total. The van der Waals surface area contributed by atoms with Crippen LogP contribution in [0, 0.1) is 5.82 Å². The van der Waals surface area contributed by atoms with Crippen LogP contribution in [0.15, 0.2) is 66.0 Å². The van der Waals surface area contributed by atoms with Crippen LogP contribution in [-0.4, -0.2) is 10.9 Å². The zero-order valence-electron chi connectivity index (χ0n) is 16.7. The maximum Gasteiger partial charge on any atom is 0.267 e. The minimum Gasteiger partial charge on any atom is -0.397 e. The molecule has 33 heavy (non-hydrogen) atoms. The lowest BCUT2D eigenvalue weighted by Gasteiger charge is -2.08. The second kappa shape index (κ2) is 8.76. The third-order valence-corrected chi connectivity index (χ3v) is 7.55. The number of fused-ring (bicyclic) bond motifs is 1. The van der Waals surface area contributed by atoms with E-state index in [1.807, 2.05) is 23.6 Å². The average molecular weight is 514 g/mol. The fourth-order valence-electron chi connectivity index (χ4n) is 3.47. The van der Waals surface area contributed by atoms with Gasteiger partial charge in [0.15, 0.2) is 0 Å². The summed E-state index contributed by atoms with van der Waals surface area (Å²) < 4.78 is 13.6. The third kappa shape index (κ3) is 4.20. The van der Waals surface area contributed by atoms with E-state index in [0.717, 1.165) is 21.7 Å². The van der Waals surface area contributed by atoms with Gasteiger partial charge >= 0.3 is 0 Å². The Morgan fingerprint density at radius 3 is 2.55 bits per heavy atom. The number of aromatic nitrogens is 1. The highest BCUT2D eigenvalue weighted by Gasteiger charge is 2.22. The summed E-state index contributed by atoms with van der Waals surface area (Å²) >= 11 is 14.9. The van der Waals surface area contributed by atoms with E-state index in [0.29, 0.717) is 36.5 Å². The van der Waals surface area contributed by atoms with Crippen LogP contribution in [0.25, 0.3) is 31.9 Å². The zero-order chi connectivity index (χ0) is 23.1. The highest BCUT2D eigenvalue weighted by molar-refractivity contribution is 7.21. The van der Waals surface area contributed by atoms with Crippen LogP contribution in [0.5, 0.6) is 0 Å². The van der Waals surface area contributed by atoms with Gasteiger partial charge in [0, 0.05) is 10.4 Å². The minimum atomic E-state index is -0.401. The molecule has 0 spiro atoms. The van der Waals surface area contributed by atoms with E-state index in [9.17, 15) is 9.18 Å². The Labute approximate surface area is 206 Å². The molecule has 0 aliphatic carbocycles. The predicted molar refractivity (Wildman–Crippen MR) is 137 cm³/mol. The highest BCUT2D eigenvalue weighted by Crippen LogP contribution is 2.42. The first kappa shape index (κ1) is 21.9. The summed E-state index contributed by atoms with van der Waals surface area (Å²) in [5.74, 6) is -0.733. The maximum atomic E-state index is 13.6. The van der Waals surface area contributed by atoms with Crippen molar-refractivity contribution in [1.82, 2.24) is 4.98 Å². The molecule has 0 bridgehead atoms. The average Bonchev–Trinajstić information content (AvgIpc) is 3.44. The van der Waals surface area contributed by atoms with Crippen molar-refractivity contribution in [2.45, 2.75) is 0 Å². The summed E-state index contributed by atoms with van der Waals surface area (Å²) in [6.45, 7) is 0. The van der Waals surface area contributed by atoms with Gasteiger partial charge < -0.3 is 11.1 Å². The van der Waals surface area contributed by atoms with Gasteiger partial charge in [-0.15, -0.1) is 22.7 Å². The van der Waals surface area contributed by atoms with Gasteiger partial charge in [0.05, 0.1) is 27.0 Å². The Balaban J connectivity index is 1.66. The van der Waals surface area contributed by atoms with Crippen molar-refractivity contribution in [1.29, 1.82) is 0 Å². The van der Waals surface area contributed by atoms with E-state index in [2.05, 4.69) is 5.32 Å². The van der Waals surface area contributed by atoms with Gasteiger partial charge in [-0.2, -0.15) is 0 Å². The van der Waals surface area contributed by atoms with Crippen LogP contribution < -0.4 is 11.1 Å². The van der Waals surface area contributed by atoms with Crippen molar-refractivity contribution in [3.8, 4) is 21.7 Å². The summed E-state index contributed by atoms with van der Waals surface area (Å²) in [6, 6.07) is 16.8. The van der Waals surface area contributed by atoms with Crippen molar-refractivity contribution in [3.05, 3.63) is 86.8 Å². The minimum absolute atomic E-state index is 0.308. The molecule has 0 saturated heterocycles. The second-order valence-electron chi connectivity index (χ2n) is 7.14. The summed E-state index contributed by atoms with van der Waals surface area (Å²) in [7, 11) is 0. The summed E-state index contributed by atoms with van der Waals surface area (Å²) in [5.41, 5.74) is 9.52. The molecule has 0 aliphatic rings. The maximum absolute atomic E-state index is 13.6. The van der Waals surface area contributed by atoms with Crippen LogP contribution in [-0.2, 0) is 0 Å². The monoisotopic (exact) mass is 513 g/mol. The molecule has 2 aromatic carbocycles. The first-order valence-electron chi connectivity index (χ1n) is 9.70. The predicted octanol–water partition coefficient (Wildman–Crippen LogP) is 7.97. The number of pyridine rings is 1. The number of carbonyl (C=O) groups excluding carboxylic acids is 1. The van der Waals surface area contributed by atoms with Crippen LogP contribution in [0.4, 0.5) is 15.8 Å². The number of rotatable bonds is 4. The van der Waals surface area contributed by atoms with Crippen molar-refractivity contribution < 1.29 is 9.18 Å². The SMILES string of the molecule is Nc1c(C(=O)Nc2ccc(Cl)cc2Cl)sc2nc(-c3cccs3)cc(-c3ccc(F)cc3)c12. The van der Waals surface area contributed by atoms with Gasteiger partial charge in [-0.3, -0.25) is 4.79 Å². The van der Waals surface area contributed by atoms with Gasteiger partial charge in [-0.05, 0) is 59.0 Å². The summed E-state index contributed by atoms with van der Waals surface area (Å²) in [5, 5.41) is 6.20. The molecule has 3 aromatic heterocycles. The fourth-order valence-corrected chi connectivity index (χ4v) is 5.62. The molecule has 9 heteroatoms. The molecule has 5 aromatic rings. The topological polar surface area (TPSA) is 68.0 Å². The Morgan fingerprint density at radius 1 is 1.06 bits per heavy atom. The van der Waals surface area contributed by atoms with E-state index in [1.54, 1.807) is 41.7 Å². The molecular formula is C24H14Cl2FN3OS2. The zero-order valence-corrected chi connectivity index (χ0v) is 19.9. The number of carbonyl (C=O) groups is 1. The number of nitrogens with one attached hydrogen (secondary N) is 1. The summed E-state index contributed by atoms with van der Waals surface area (Å²) in [4.78, 5) is 19.8. The first-order chi connectivity index (χ1) is 15.9. The molecule has 3 heterocycles. The molecule has 0 radical (unpaired) electrons. The van der Waals surface area contributed by atoms with Gasteiger partial charge in [-0.1, -0.05) is 41.4 Å². The van der Waals surface area contributed by atoms with Gasteiger partial charge in [0.1, 0.15) is 15.5 Å². The van der Waals surface area contributed by atoms with Crippen LogP contribution >= 0.6 is 45.9 Å². The van der Waals surface area contributed by atoms with Gasteiger partial charge in [-0.25, -0.2) is 9.37 Å². The largest absolute Gasteiger partial charge is 0.397 e. The molecule has 1 amide bonds. The van der Waals surface area contributed by atoms with E-state index in [-0.39, 0.29) is 5.82 Å². The van der Waals surface area contributed by atoms with Gasteiger partial charge in [0.2, 0.25) is 0 Å². The number of benzene rings is 2. The molecule has 0 aliphatic heterocycles. The van der Waals surface area contributed by atoms with Crippen LogP contribution in [0.2, 0.25) is 10.0 Å². The van der Waals surface area contributed by atoms with E-state index in [1.165, 1.54) is 23.5 Å². The molecule has 5 rings (SSSR count). The lowest BCUT2D eigenvalue weighted by atomic mass is 10.0. The van der Waals surface area contributed by atoms with Crippen molar-refractivity contribution in [2.75, 3.05) is 11.1 Å². The lowest BCUT2D eigenvalue weighted by molar-refractivity contribution is 0.103. The number of hydrogen-bond acceptors (Lipinski definition) is 5. The molecule has 0 unspecified atom stereocenters. The number of nitrogens with two attached hydrogens (primary N) is 1. The Kier molecular flexibility index (Phi) is 5.80. The lowest BCUT2D eigenvalue weighted by Crippen LogP contribution is -2.12. The number of anilines is 2. The Morgan fingerprint density at radius 2 is 1.85 bits per heavy atom. The standard InChI is InChI=1S/C24H14Cl2FN3OS2/c25-13-5-8-17(16(26)10-13)29-23(31)22-21(28)20-15(12-3-6-14(27)7-4-12)11-18(30-24(20)33-22)19-2-1-9-32-19/h1-11H,28H2,(H,29,31). The van der Waals surface area contributed by atoms with Crippen molar-refractivity contribution >= 4 is 73.4 Å². The number of amides is 1. The normalized spacial score (nSPS) is 11.1. The van der Waals surface area contributed by atoms with E-state index in [4.69, 9.17) is 33.9 Å². The Hall–Kier alpha value is -2.97.